The van der Waals surface area contributed by atoms with Gasteiger partial charge < -0.3 is 5.32 Å². The Labute approximate surface area is 107 Å². The number of rotatable bonds is 3. The van der Waals surface area contributed by atoms with Crippen LogP contribution in [0.15, 0.2) is 18.2 Å². The number of fused-ring (bicyclic) bond motifs is 1. The predicted molar refractivity (Wildman–Crippen MR) is 75.0 cm³/mol. The summed E-state index contributed by atoms with van der Waals surface area (Å²) in [6, 6.07) is 6.01. The highest BCUT2D eigenvalue weighted by Gasteiger charge is 2.09. The smallest absolute Gasteiger partial charge is 0.0770 e. The standard InChI is InChI=1S/C14H17ClN2/c1-4-7-16-12-8-10(3)17-14-9(2)5-6-11(15)13(12)14/h5-6,8H,4,7H2,1-3H3,(H,16,17). The third kappa shape index (κ3) is 2.37. The predicted octanol–water partition coefficient (Wildman–Crippen LogP) is 4.33. The van der Waals surface area contributed by atoms with Gasteiger partial charge in [-0.25, -0.2) is 0 Å². The van der Waals surface area contributed by atoms with Crippen molar-refractivity contribution in [1.82, 2.24) is 4.98 Å². The molecule has 0 unspecified atom stereocenters. The first-order valence-electron chi connectivity index (χ1n) is 5.93. The number of hydrogen-bond donors (Lipinski definition) is 1. The fourth-order valence-electron chi connectivity index (χ4n) is 1.96. The van der Waals surface area contributed by atoms with E-state index in [4.69, 9.17) is 11.6 Å². The maximum atomic E-state index is 6.29. The van der Waals surface area contributed by atoms with Gasteiger partial charge in [-0.2, -0.15) is 0 Å². The Morgan fingerprint density at radius 1 is 1.29 bits per heavy atom. The topological polar surface area (TPSA) is 24.9 Å². The molecule has 0 saturated carbocycles. The van der Waals surface area contributed by atoms with E-state index in [2.05, 4.69) is 30.2 Å². The maximum Gasteiger partial charge on any atom is 0.0770 e. The zero-order valence-electron chi connectivity index (χ0n) is 10.5. The molecule has 2 nitrogen and oxygen atoms in total. The first-order valence-corrected chi connectivity index (χ1v) is 6.31. The second kappa shape index (κ2) is 4.92. The van der Waals surface area contributed by atoms with Gasteiger partial charge in [-0.3, -0.25) is 4.98 Å². The van der Waals surface area contributed by atoms with Gasteiger partial charge in [0.05, 0.1) is 10.5 Å². The summed E-state index contributed by atoms with van der Waals surface area (Å²) in [4.78, 5) is 4.58. The van der Waals surface area contributed by atoms with Gasteiger partial charge in [0.25, 0.3) is 0 Å². The first-order chi connectivity index (χ1) is 8.13. The van der Waals surface area contributed by atoms with Crippen molar-refractivity contribution in [2.45, 2.75) is 27.2 Å². The summed E-state index contributed by atoms with van der Waals surface area (Å²) in [5.41, 5.74) is 4.26. The van der Waals surface area contributed by atoms with Gasteiger partial charge in [0.15, 0.2) is 0 Å². The molecule has 0 atom stereocenters. The Morgan fingerprint density at radius 3 is 2.76 bits per heavy atom. The van der Waals surface area contributed by atoms with E-state index in [1.807, 2.05) is 19.1 Å². The number of nitrogens with zero attached hydrogens (tertiary/aromatic N) is 1. The Balaban J connectivity index is 2.68. The molecule has 0 amide bonds. The Morgan fingerprint density at radius 2 is 2.06 bits per heavy atom. The molecule has 0 aliphatic carbocycles. The number of anilines is 1. The lowest BCUT2D eigenvalue weighted by Crippen LogP contribution is -2.02. The van der Waals surface area contributed by atoms with Gasteiger partial charge in [0.1, 0.15) is 0 Å². The third-order valence-electron chi connectivity index (χ3n) is 2.80. The fourth-order valence-corrected chi connectivity index (χ4v) is 2.21. The van der Waals surface area contributed by atoms with E-state index in [9.17, 15) is 0 Å². The number of pyridine rings is 1. The number of halogens is 1. The molecule has 1 aromatic carbocycles. The molecule has 90 valence electrons. The molecular formula is C14H17ClN2. The van der Waals surface area contributed by atoms with Crippen LogP contribution in [0.1, 0.15) is 24.6 Å². The van der Waals surface area contributed by atoms with Gasteiger partial charge in [-0.1, -0.05) is 24.6 Å². The first kappa shape index (κ1) is 12.2. The fraction of sp³-hybridized carbons (Fsp3) is 0.357. The van der Waals surface area contributed by atoms with Crippen LogP contribution in [-0.4, -0.2) is 11.5 Å². The molecule has 2 aromatic rings. The molecule has 1 heterocycles. The number of aromatic nitrogens is 1. The molecule has 1 N–H and O–H groups in total. The molecule has 0 radical (unpaired) electrons. The van der Waals surface area contributed by atoms with Gasteiger partial charge in [0.2, 0.25) is 0 Å². The molecular weight excluding hydrogens is 232 g/mol. The van der Waals surface area contributed by atoms with E-state index in [-0.39, 0.29) is 0 Å². The molecule has 0 spiro atoms. The second-order valence-corrected chi connectivity index (χ2v) is 4.73. The van der Waals surface area contributed by atoms with E-state index < -0.39 is 0 Å². The molecule has 0 fully saturated rings. The van der Waals surface area contributed by atoms with Crippen molar-refractivity contribution in [2.24, 2.45) is 0 Å². The lowest BCUT2D eigenvalue weighted by Gasteiger charge is -2.12. The van der Waals surface area contributed by atoms with Crippen LogP contribution in [0.25, 0.3) is 10.9 Å². The Kier molecular flexibility index (Phi) is 3.53. The van der Waals surface area contributed by atoms with Gasteiger partial charge in [-0.15, -0.1) is 0 Å². The summed E-state index contributed by atoms with van der Waals surface area (Å²) in [5, 5.41) is 5.22. The molecule has 0 saturated heterocycles. The van der Waals surface area contributed by atoms with Crippen molar-refractivity contribution in [3.63, 3.8) is 0 Å². The summed E-state index contributed by atoms with van der Waals surface area (Å²) >= 11 is 6.29. The third-order valence-corrected chi connectivity index (χ3v) is 3.12. The molecule has 0 aliphatic heterocycles. The number of aryl methyl sites for hydroxylation is 2. The minimum Gasteiger partial charge on any atom is -0.384 e. The maximum absolute atomic E-state index is 6.29. The van der Waals surface area contributed by atoms with E-state index in [0.717, 1.165) is 45.8 Å². The zero-order chi connectivity index (χ0) is 12.4. The second-order valence-electron chi connectivity index (χ2n) is 4.33. The zero-order valence-corrected chi connectivity index (χ0v) is 11.2. The average Bonchev–Trinajstić information content (AvgIpc) is 2.30. The summed E-state index contributed by atoms with van der Waals surface area (Å²) in [7, 11) is 0. The largest absolute Gasteiger partial charge is 0.384 e. The molecule has 2 rings (SSSR count). The molecule has 0 aliphatic rings. The van der Waals surface area contributed by atoms with Crippen LogP contribution in [-0.2, 0) is 0 Å². The van der Waals surface area contributed by atoms with Crippen molar-refractivity contribution < 1.29 is 0 Å². The highest BCUT2D eigenvalue weighted by Crippen LogP contribution is 2.32. The van der Waals surface area contributed by atoms with Crippen LogP contribution in [0.2, 0.25) is 5.02 Å². The highest BCUT2D eigenvalue weighted by molar-refractivity contribution is 6.36. The Bertz CT molecular complexity index is 549. The van der Waals surface area contributed by atoms with Gasteiger partial charge in [-0.05, 0) is 38.0 Å². The van der Waals surface area contributed by atoms with Crippen LogP contribution < -0.4 is 5.32 Å². The molecule has 3 heteroatoms. The van der Waals surface area contributed by atoms with Crippen molar-refractivity contribution in [3.8, 4) is 0 Å². The average molecular weight is 249 g/mol. The van der Waals surface area contributed by atoms with Crippen LogP contribution in [0, 0.1) is 13.8 Å². The van der Waals surface area contributed by atoms with E-state index in [1.54, 1.807) is 0 Å². The minimum absolute atomic E-state index is 0.761. The Hall–Kier alpha value is -1.28. The highest BCUT2D eigenvalue weighted by atomic mass is 35.5. The van der Waals surface area contributed by atoms with Crippen molar-refractivity contribution >= 4 is 28.2 Å². The quantitative estimate of drug-likeness (QED) is 0.875. The summed E-state index contributed by atoms with van der Waals surface area (Å²) in [5.74, 6) is 0. The van der Waals surface area contributed by atoms with E-state index in [1.165, 1.54) is 0 Å². The lowest BCUT2D eigenvalue weighted by atomic mass is 10.1. The van der Waals surface area contributed by atoms with Gasteiger partial charge in [0, 0.05) is 23.3 Å². The van der Waals surface area contributed by atoms with E-state index >= 15 is 0 Å². The number of hydrogen-bond acceptors (Lipinski definition) is 2. The van der Waals surface area contributed by atoms with Crippen LogP contribution in [0.4, 0.5) is 5.69 Å². The SMILES string of the molecule is CCCNc1cc(C)nc2c(C)ccc(Cl)c12. The van der Waals surface area contributed by atoms with Gasteiger partial charge >= 0.3 is 0 Å². The summed E-state index contributed by atoms with van der Waals surface area (Å²) in [6.07, 6.45) is 1.09. The summed E-state index contributed by atoms with van der Waals surface area (Å²) < 4.78 is 0. The minimum atomic E-state index is 0.761. The normalized spacial score (nSPS) is 10.8. The summed E-state index contributed by atoms with van der Waals surface area (Å²) in [6.45, 7) is 7.17. The molecule has 1 aromatic heterocycles. The van der Waals surface area contributed by atoms with Crippen LogP contribution >= 0.6 is 11.6 Å². The van der Waals surface area contributed by atoms with Crippen molar-refractivity contribution in [1.29, 1.82) is 0 Å². The van der Waals surface area contributed by atoms with E-state index in [0.29, 0.717) is 0 Å². The van der Waals surface area contributed by atoms with Crippen molar-refractivity contribution in [3.05, 3.63) is 34.5 Å². The lowest BCUT2D eigenvalue weighted by molar-refractivity contribution is 0.980. The monoisotopic (exact) mass is 248 g/mol. The van der Waals surface area contributed by atoms with Crippen molar-refractivity contribution in [2.75, 3.05) is 11.9 Å². The number of benzene rings is 1. The van der Waals surface area contributed by atoms with Crippen LogP contribution in [0.3, 0.4) is 0 Å². The molecule has 17 heavy (non-hydrogen) atoms. The number of nitrogens with one attached hydrogen (secondary N) is 1. The van der Waals surface area contributed by atoms with Crippen LogP contribution in [0.5, 0.6) is 0 Å². The molecule has 0 bridgehead atoms.